The molecule has 0 fully saturated rings. The standard InChI is InChI=1S/C17H15ClN2O/c1-21-16-7-3-5-12-13(16)8-9-15(12)20-17-11(10-19)4-2-6-14(17)18/h2-7,15,20H,8-9H2,1H3. The van der Waals surface area contributed by atoms with Crippen molar-refractivity contribution in [1.29, 1.82) is 5.26 Å². The van der Waals surface area contributed by atoms with Crippen molar-refractivity contribution >= 4 is 17.3 Å². The Bertz CT molecular complexity index is 721. The van der Waals surface area contributed by atoms with Crippen LogP contribution in [0.2, 0.25) is 5.02 Å². The molecule has 0 saturated carbocycles. The lowest BCUT2D eigenvalue weighted by atomic mass is 10.1. The van der Waals surface area contributed by atoms with E-state index in [-0.39, 0.29) is 6.04 Å². The summed E-state index contributed by atoms with van der Waals surface area (Å²) in [6.07, 6.45) is 1.93. The van der Waals surface area contributed by atoms with E-state index < -0.39 is 0 Å². The number of fused-ring (bicyclic) bond motifs is 1. The fraction of sp³-hybridized carbons (Fsp3) is 0.235. The lowest BCUT2D eigenvalue weighted by Gasteiger charge is -2.18. The molecule has 2 aromatic carbocycles. The molecule has 0 aromatic heterocycles. The minimum atomic E-state index is 0.155. The number of hydrogen-bond donors (Lipinski definition) is 1. The van der Waals surface area contributed by atoms with E-state index in [1.54, 1.807) is 25.3 Å². The third-order valence-electron chi connectivity index (χ3n) is 3.90. The molecule has 1 aliphatic rings. The largest absolute Gasteiger partial charge is 0.496 e. The zero-order valence-corrected chi connectivity index (χ0v) is 12.4. The molecule has 0 bridgehead atoms. The third kappa shape index (κ3) is 2.43. The Hall–Kier alpha value is -2.18. The normalized spacial score (nSPS) is 16.1. The predicted molar refractivity (Wildman–Crippen MR) is 83.8 cm³/mol. The van der Waals surface area contributed by atoms with E-state index >= 15 is 0 Å². The van der Waals surface area contributed by atoms with Crippen molar-refractivity contribution in [2.24, 2.45) is 0 Å². The van der Waals surface area contributed by atoms with Crippen molar-refractivity contribution in [3.05, 3.63) is 58.1 Å². The third-order valence-corrected chi connectivity index (χ3v) is 4.22. The molecule has 0 radical (unpaired) electrons. The number of hydrogen-bond acceptors (Lipinski definition) is 3. The molecule has 0 aliphatic heterocycles. The Morgan fingerprint density at radius 3 is 2.86 bits per heavy atom. The summed E-state index contributed by atoms with van der Waals surface area (Å²) >= 11 is 6.23. The van der Waals surface area contributed by atoms with E-state index in [0.717, 1.165) is 18.6 Å². The summed E-state index contributed by atoms with van der Waals surface area (Å²) in [4.78, 5) is 0. The smallest absolute Gasteiger partial charge is 0.122 e. The maximum absolute atomic E-state index is 9.23. The first-order valence-electron chi connectivity index (χ1n) is 6.85. The molecular weight excluding hydrogens is 284 g/mol. The highest BCUT2D eigenvalue weighted by Crippen LogP contribution is 2.40. The van der Waals surface area contributed by atoms with Gasteiger partial charge in [0.25, 0.3) is 0 Å². The average Bonchev–Trinajstić information content (AvgIpc) is 2.92. The molecule has 0 spiro atoms. The number of para-hydroxylation sites is 1. The molecule has 0 amide bonds. The van der Waals surface area contributed by atoms with Crippen molar-refractivity contribution < 1.29 is 4.74 Å². The fourth-order valence-corrected chi connectivity index (χ4v) is 3.13. The van der Waals surface area contributed by atoms with Crippen molar-refractivity contribution in [3.63, 3.8) is 0 Å². The van der Waals surface area contributed by atoms with Crippen LogP contribution in [0.4, 0.5) is 5.69 Å². The summed E-state index contributed by atoms with van der Waals surface area (Å²) < 4.78 is 5.42. The highest BCUT2D eigenvalue weighted by Gasteiger charge is 2.26. The van der Waals surface area contributed by atoms with Gasteiger partial charge < -0.3 is 10.1 Å². The Kier molecular flexibility index (Phi) is 3.72. The molecule has 4 heteroatoms. The SMILES string of the molecule is COc1cccc2c1CCC2Nc1c(Cl)cccc1C#N. The topological polar surface area (TPSA) is 45.0 Å². The van der Waals surface area contributed by atoms with E-state index in [4.69, 9.17) is 16.3 Å². The number of nitrogens with zero attached hydrogens (tertiary/aromatic N) is 1. The fourth-order valence-electron chi connectivity index (χ4n) is 2.90. The van der Waals surface area contributed by atoms with Crippen molar-refractivity contribution in [2.45, 2.75) is 18.9 Å². The highest BCUT2D eigenvalue weighted by molar-refractivity contribution is 6.33. The van der Waals surface area contributed by atoms with Gasteiger partial charge in [-0.05, 0) is 42.2 Å². The summed E-state index contributed by atoms with van der Waals surface area (Å²) in [5.41, 5.74) is 3.74. The van der Waals surface area contributed by atoms with Crippen molar-refractivity contribution in [2.75, 3.05) is 12.4 Å². The lowest BCUT2D eigenvalue weighted by molar-refractivity contribution is 0.410. The Labute approximate surface area is 129 Å². The van der Waals surface area contributed by atoms with Gasteiger partial charge in [0.15, 0.2) is 0 Å². The van der Waals surface area contributed by atoms with Crippen molar-refractivity contribution in [3.8, 4) is 11.8 Å². The molecule has 3 rings (SSSR count). The molecule has 1 N–H and O–H groups in total. The molecule has 106 valence electrons. The Morgan fingerprint density at radius 1 is 1.29 bits per heavy atom. The number of nitriles is 1. The Morgan fingerprint density at radius 2 is 2.10 bits per heavy atom. The van der Waals surface area contributed by atoms with Crippen LogP contribution in [0.5, 0.6) is 5.75 Å². The monoisotopic (exact) mass is 298 g/mol. The van der Waals surface area contributed by atoms with Gasteiger partial charge in [0.2, 0.25) is 0 Å². The zero-order chi connectivity index (χ0) is 14.8. The summed E-state index contributed by atoms with van der Waals surface area (Å²) in [6.45, 7) is 0. The summed E-state index contributed by atoms with van der Waals surface area (Å²) in [5.74, 6) is 0.927. The number of nitrogens with one attached hydrogen (secondary N) is 1. The van der Waals surface area contributed by atoms with E-state index in [1.807, 2.05) is 12.1 Å². The van der Waals surface area contributed by atoms with Crippen LogP contribution in [0, 0.1) is 11.3 Å². The van der Waals surface area contributed by atoms with Crippen LogP contribution in [-0.2, 0) is 6.42 Å². The summed E-state index contributed by atoms with van der Waals surface area (Å²) in [6, 6.07) is 13.8. The van der Waals surface area contributed by atoms with Gasteiger partial charge in [0.05, 0.1) is 29.4 Å². The quantitative estimate of drug-likeness (QED) is 0.918. The molecule has 3 nitrogen and oxygen atoms in total. The van der Waals surface area contributed by atoms with Crippen LogP contribution in [0.15, 0.2) is 36.4 Å². The molecular formula is C17H15ClN2O. The molecule has 1 unspecified atom stereocenters. The number of ether oxygens (including phenoxy) is 1. The Balaban J connectivity index is 1.95. The maximum atomic E-state index is 9.23. The summed E-state index contributed by atoms with van der Waals surface area (Å²) in [5, 5.41) is 13.2. The zero-order valence-electron chi connectivity index (χ0n) is 11.7. The first-order chi connectivity index (χ1) is 10.2. The maximum Gasteiger partial charge on any atom is 0.122 e. The van der Waals surface area contributed by atoms with E-state index in [1.165, 1.54) is 11.1 Å². The van der Waals surface area contributed by atoms with Crippen LogP contribution in [0.25, 0.3) is 0 Å². The molecule has 2 aromatic rings. The predicted octanol–water partition coefficient (Wildman–Crippen LogP) is 4.32. The van der Waals surface area contributed by atoms with Gasteiger partial charge in [0, 0.05) is 0 Å². The van der Waals surface area contributed by atoms with E-state index in [2.05, 4.69) is 17.5 Å². The van der Waals surface area contributed by atoms with Gasteiger partial charge in [-0.2, -0.15) is 5.26 Å². The summed E-state index contributed by atoms with van der Waals surface area (Å²) in [7, 11) is 1.69. The lowest BCUT2D eigenvalue weighted by Crippen LogP contribution is -2.09. The van der Waals surface area contributed by atoms with Gasteiger partial charge in [0.1, 0.15) is 11.8 Å². The van der Waals surface area contributed by atoms with Crippen LogP contribution in [-0.4, -0.2) is 7.11 Å². The van der Waals surface area contributed by atoms with Crippen LogP contribution < -0.4 is 10.1 Å². The second-order valence-electron chi connectivity index (χ2n) is 5.04. The van der Waals surface area contributed by atoms with Gasteiger partial charge in [-0.25, -0.2) is 0 Å². The van der Waals surface area contributed by atoms with Gasteiger partial charge >= 0.3 is 0 Å². The van der Waals surface area contributed by atoms with E-state index in [9.17, 15) is 5.26 Å². The van der Waals surface area contributed by atoms with Gasteiger partial charge in [-0.3, -0.25) is 0 Å². The van der Waals surface area contributed by atoms with Gasteiger partial charge in [-0.15, -0.1) is 0 Å². The molecule has 0 heterocycles. The number of methoxy groups -OCH3 is 1. The molecule has 0 saturated heterocycles. The average molecular weight is 299 g/mol. The minimum Gasteiger partial charge on any atom is -0.496 e. The van der Waals surface area contributed by atoms with Crippen molar-refractivity contribution in [1.82, 2.24) is 0 Å². The van der Waals surface area contributed by atoms with Crippen LogP contribution in [0.3, 0.4) is 0 Å². The number of halogens is 1. The number of benzene rings is 2. The number of anilines is 1. The second-order valence-corrected chi connectivity index (χ2v) is 5.45. The first kappa shape index (κ1) is 13.8. The van der Waals surface area contributed by atoms with Crippen LogP contribution in [0.1, 0.15) is 29.2 Å². The second kappa shape index (κ2) is 5.67. The van der Waals surface area contributed by atoms with E-state index in [0.29, 0.717) is 16.3 Å². The first-order valence-corrected chi connectivity index (χ1v) is 7.23. The minimum absolute atomic E-state index is 0.155. The molecule has 1 atom stereocenters. The van der Waals surface area contributed by atoms with Gasteiger partial charge in [-0.1, -0.05) is 29.8 Å². The van der Waals surface area contributed by atoms with Crippen LogP contribution >= 0.6 is 11.6 Å². The molecule has 1 aliphatic carbocycles. The highest BCUT2D eigenvalue weighted by atomic mass is 35.5. The number of rotatable bonds is 3. The molecule has 21 heavy (non-hydrogen) atoms.